The summed E-state index contributed by atoms with van der Waals surface area (Å²) in [4.78, 5) is 23.6. The molecule has 0 heterocycles. The highest BCUT2D eigenvalue weighted by atomic mass is 79.9. The fraction of sp³-hybridized carbons (Fsp3) is 0.333. The van der Waals surface area contributed by atoms with E-state index in [1.54, 1.807) is 18.2 Å². The normalized spacial score (nSPS) is 11.9. The van der Waals surface area contributed by atoms with E-state index in [0.717, 1.165) is 0 Å². The second-order valence-electron chi connectivity index (χ2n) is 3.75. The number of nitrogens with zero attached hydrogens (tertiary/aromatic N) is 1. The van der Waals surface area contributed by atoms with E-state index >= 15 is 0 Å². The Morgan fingerprint density at radius 2 is 2.28 bits per heavy atom. The Labute approximate surface area is 119 Å². The molecule has 0 saturated heterocycles. The van der Waals surface area contributed by atoms with Crippen molar-refractivity contribution in [2.45, 2.75) is 19.4 Å². The van der Waals surface area contributed by atoms with Crippen molar-refractivity contribution in [3.63, 3.8) is 0 Å². The van der Waals surface area contributed by atoms with Crippen LogP contribution >= 0.6 is 27.5 Å². The maximum atomic E-state index is 11.4. The Morgan fingerprint density at radius 3 is 2.72 bits per heavy atom. The Morgan fingerprint density at radius 1 is 1.61 bits per heavy atom. The first-order chi connectivity index (χ1) is 8.51. The van der Waals surface area contributed by atoms with E-state index in [1.807, 2.05) is 6.92 Å². The molecule has 1 amide bonds. The number of carbonyl (C=O) groups excluding carboxylic acids is 1. The molecule has 1 N–H and O–H groups in total. The number of carbonyl (C=O) groups is 2. The third-order valence-corrected chi connectivity index (χ3v) is 3.36. The maximum Gasteiger partial charge on any atom is 0.331 e. The highest BCUT2D eigenvalue weighted by Gasteiger charge is 2.27. The van der Waals surface area contributed by atoms with Gasteiger partial charge in [-0.2, -0.15) is 0 Å². The number of halogens is 2. The quantitative estimate of drug-likeness (QED) is 0.813. The van der Waals surface area contributed by atoms with E-state index in [9.17, 15) is 14.7 Å². The monoisotopic (exact) mass is 333 g/mol. The Hall–Kier alpha value is -1.07. The molecule has 0 aliphatic carbocycles. The Bertz CT molecular complexity index is 453. The molecule has 0 saturated carbocycles. The SMILES string of the molecule is CCCN(C=O)C(C(=O)O)c1ccc(Cl)cc1Br. The number of aliphatic carboxylic acids is 1. The summed E-state index contributed by atoms with van der Waals surface area (Å²) in [6.45, 7) is 2.27. The highest BCUT2D eigenvalue weighted by Crippen LogP contribution is 2.30. The van der Waals surface area contributed by atoms with Crippen molar-refractivity contribution in [1.82, 2.24) is 4.90 Å². The molecule has 1 unspecified atom stereocenters. The number of carboxylic acid groups (broad SMARTS) is 1. The van der Waals surface area contributed by atoms with Gasteiger partial charge >= 0.3 is 5.97 Å². The van der Waals surface area contributed by atoms with E-state index < -0.39 is 12.0 Å². The molecule has 0 aliphatic rings. The standard InChI is InChI=1S/C12H13BrClNO3/c1-2-5-15(7-16)11(12(17)18)9-4-3-8(14)6-10(9)13/h3-4,6-7,11H,2,5H2,1H3,(H,17,18). The molecule has 1 atom stereocenters. The maximum absolute atomic E-state index is 11.4. The topological polar surface area (TPSA) is 57.6 Å². The summed E-state index contributed by atoms with van der Waals surface area (Å²) >= 11 is 9.09. The molecule has 4 nitrogen and oxygen atoms in total. The van der Waals surface area contributed by atoms with Crippen LogP contribution in [0.4, 0.5) is 0 Å². The molecular formula is C12H13BrClNO3. The van der Waals surface area contributed by atoms with Crippen LogP contribution in [-0.2, 0) is 9.59 Å². The van der Waals surface area contributed by atoms with E-state index in [2.05, 4.69) is 15.9 Å². The molecule has 18 heavy (non-hydrogen) atoms. The number of hydrogen-bond acceptors (Lipinski definition) is 2. The first-order valence-electron chi connectivity index (χ1n) is 5.40. The molecule has 0 spiro atoms. The first-order valence-corrected chi connectivity index (χ1v) is 6.57. The van der Waals surface area contributed by atoms with E-state index in [1.165, 1.54) is 4.90 Å². The zero-order valence-corrected chi connectivity index (χ0v) is 12.1. The van der Waals surface area contributed by atoms with Crippen molar-refractivity contribution >= 4 is 39.9 Å². The second kappa shape index (κ2) is 6.75. The van der Waals surface area contributed by atoms with Crippen molar-refractivity contribution in [2.24, 2.45) is 0 Å². The lowest BCUT2D eigenvalue weighted by molar-refractivity contribution is -0.146. The average molecular weight is 335 g/mol. The number of hydrogen-bond donors (Lipinski definition) is 1. The van der Waals surface area contributed by atoms with Gasteiger partial charge in [0, 0.05) is 21.6 Å². The molecule has 0 radical (unpaired) electrons. The molecule has 0 aliphatic heterocycles. The highest BCUT2D eigenvalue weighted by molar-refractivity contribution is 9.10. The average Bonchev–Trinajstić information content (AvgIpc) is 2.30. The summed E-state index contributed by atoms with van der Waals surface area (Å²) in [6, 6.07) is 3.82. The van der Waals surface area contributed by atoms with Gasteiger partial charge in [-0.15, -0.1) is 0 Å². The van der Waals surface area contributed by atoms with Gasteiger partial charge in [0.05, 0.1) is 0 Å². The molecule has 1 aromatic carbocycles. The summed E-state index contributed by atoms with van der Waals surface area (Å²) < 4.78 is 0.574. The van der Waals surface area contributed by atoms with Gasteiger partial charge in [0.25, 0.3) is 0 Å². The molecule has 6 heteroatoms. The molecule has 1 aromatic rings. The smallest absolute Gasteiger partial charge is 0.331 e. The van der Waals surface area contributed by atoms with Gasteiger partial charge in [0.2, 0.25) is 6.41 Å². The van der Waals surface area contributed by atoms with Crippen LogP contribution < -0.4 is 0 Å². The lowest BCUT2D eigenvalue weighted by Crippen LogP contribution is -2.34. The van der Waals surface area contributed by atoms with Crippen molar-refractivity contribution in [3.05, 3.63) is 33.3 Å². The minimum absolute atomic E-state index is 0.384. The summed E-state index contributed by atoms with van der Waals surface area (Å²) in [5, 5.41) is 9.80. The van der Waals surface area contributed by atoms with E-state index in [-0.39, 0.29) is 0 Å². The lowest BCUT2D eigenvalue weighted by atomic mass is 10.1. The Kier molecular flexibility index (Phi) is 5.62. The fourth-order valence-corrected chi connectivity index (χ4v) is 2.58. The van der Waals surface area contributed by atoms with E-state index in [4.69, 9.17) is 11.6 Å². The van der Waals surface area contributed by atoms with Gasteiger partial charge in [-0.25, -0.2) is 4.79 Å². The predicted octanol–water partition coefficient (Wildman–Crippen LogP) is 3.10. The van der Waals surface area contributed by atoms with Gasteiger partial charge < -0.3 is 10.0 Å². The van der Waals surface area contributed by atoms with Crippen molar-refractivity contribution in [2.75, 3.05) is 6.54 Å². The minimum atomic E-state index is -1.07. The number of carboxylic acids is 1. The summed E-state index contributed by atoms with van der Waals surface area (Å²) in [6.07, 6.45) is 1.25. The van der Waals surface area contributed by atoms with Crippen LogP contribution in [0.15, 0.2) is 22.7 Å². The second-order valence-corrected chi connectivity index (χ2v) is 5.04. The van der Waals surface area contributed by atoms with Crippen molar-refractivity contribution < 1.29 is 14.7 Å². The third kappa shape index (κ3) is 3.46. The summed E-state index contributed by atoms with van der Waals surface area (Å²) in [5.74, 6) is -1.07. The molecular weight excluding hydrogens is 321 g/mol. The lowest BCUT2D eigenvalue weighted by Gasteiger charge is -2.25. The summed E-state index contributed by atoms with van der Waals surface area (Å²) in [7, 11) is 0. The van der Waals surface area contributed by atoms with Crippen LogP contribution in [0.5, 0.6) is 0 Å². The zero-order valence-electron chi connectivity index (χ0n) is 9.77. The summed E-state index contributed by atoms with van der Waals surface area (Å²) in [5.41, 5.74) is 0.507. The van der Waals surface area contributed by atoms with Crippen molar-refractivity contribution in [3.8, 4) is 0 Å². The van der Waals surface area contributed by atoms with Gasteiger partial charge in [0.15, 0.2) is 6.04 Å². The first kappa shape index (κ1) is 15.0. The molecule has 0 aromatic heterocycles. The van der Waals surface area contributed by atoms with Crippen LogP contribution in [0.1, 0.15) is 24.9 Å². The van der Waals surface area contributed by atoms with E-state index in [0.29, 0.717) is 34.4 Å². The predicted molar refractivity (Wildman–Crippen MR) is 72.6 cm³/mol. The van der Waals surface area contributed by atoms with Gasteiger partial charge in [-0.1, -0.05) is 40.5 Å². The van der Waals surface area contributed by atoms with Crippen molar-refractivity contribution in [1.29, 1.82) is 0 Å². The van der Waals surface area contributed by atoms with Crippen LogP contribution in [0.25, 0.3) is 0 Å². The largest absolute Gasteiger partial charge is 0.479 e. The number of amides is 1. The van der Waals surface area contributed by atoms with Gasteiger partial charge in [-0.05, 0) is 18.6 Å². The van der Waals surface area contributed by atoms with Crippen LogP contribution in [0.3, 0.4) is 0 Å². The molecule has 0 fully saturated rings. The fourth-order valence-electron chi connectivity index (χ4n) is 1.68. The van der Waals surface area contributed by atoms with Gasteiger partial charge in [-0.3, -0.25) is 4.79 Å². The molecule has 0 bridgehead atoms. The van der Waals surface area contributed by atoms with Crippen LogP contribution in [0.2, 0.25) is 5.02 Å². The zero-order chi connectivity index (χ0) is 13.7. The van der Waals surface area contributed by atoms with Gasteiger partial charge in [0.1, 0.15) is 0 Å². The minimum Gasteiger partial charge on any atom is -0.479 e. The molecule has 98 valence electrons. The number of benzene rings is 1. The molecule has 1 rings (SSSR count). The third-order valence-electron chi connectivity index (χ3n) is 2.44. The van der Waals surface area contributed by atoms with Crippen LogP contribution in [-0.4, -0.2) is 28.9 Å². The van der Waals surface area contributed by atoms with Crippen LogP contribution in [0, 0.1) is 0 Å². The number of rotatable bonds is 6. The Balaban J connectivity index is 3.18.